The Hall–Kier alpha value is -3.22. The van der Waals surface area contributed by atoms with Crippen molar-refractivity contribution in [2.24, 2.45) is 11.3 Å². The van der Waals surface area contributed by atoms with E-state index in [2.05, 4.69) is 9.88 Å². The third-order valence-electron chi connectivity index (χ3n) is 7.43. The Morgan fingerprint density at radius 3 is 2.36 bits per heavy atom. The van der Waals surface area contributed by atoms with Crippen molar-refractivity contribution in [3.63, 3.8) is 0 Å². The summed E-state index contributed by atoms with van der Waals surface area (Å²) < 4.78 is 13.8. The molecule has 2 saturated heterocycles. The zero-order chi connectivity index (χ0) is 22.8. The summed E-state index contributed by atoms with van der Waals surface area (Å²) in [5.41, 5.74) is 0.469. The number of likely N-dealkylation sites (tertiary alicyclic amines) is 1. The summed E-state index contributed by atoms with van der Waals surface area (Å²) in [4.78, 5) is 36.2. The van der Waals surface area contributed by atoms with Crippen molar-refractivity contribution in [1.29, 1.82) is 0 Å². The Labute approximate surface area is 193 Å². The van der Waals surface area contributed by atoms with Gasteiger partial charge in [0.1, 0.15) is 11.6 Å². The number of benzene rings is 1. The van der Waals surface area contributed by atoms with Crippen molar-refractivity contribution in [3.8, 4) is 0 Å². The predicted molar refractivity (Wildman–Crippen MR) is 125 cm³/mol. The van der Waals surface area contributed by atoms with Crippen LogP contribution in [0.3, 0.4) is 0 Å². The summed E-state index contributed by atoms with van der Waals surface area (Å²) in [6, 6.07) is 12.3. The Bertz CT molecular complexity index is 1040. The standard InChI is InChI=1S/C26H29FN4O2/c27-22-6-2-1-5-20(22)8-9-24(32)30-13-10-26(11-14-30)19-21(26)25(33)31-17-15-29(16-18-31)23-7-3-4-12-28-23/h1-9,12,21H,10-11,13-19H2/b9-8+. The Balaban J connectivity index is 1.10. The van der Waals surface area contributed by atoms with Gasteiger partial charge in [0.05, 0.1) is 0 Å². The van der Waals surface area contributed by atoms with E-state index in [1.54, 1.807) is 24.4 Å². The van der Waals surface area contributed by atoms with Crippen LogP contribution in [-0.4, -0.2) is 65.9 Å². The van der Waals surface area contributed by atoms with E-state index >= 15 is 0 Å². The van der Waals surface area contributed by atoms with E-state index in [0.29, 0.717) is 18.7 Å². The number of halogens is 1. The number of anilines is 1. The van der Waals surface area contributed by atoms with Crippen molar-refractivity contribution in [3.05, 3.63) is 66.1 Å². The first-order chi connectivity index (χ1) is 16.1. The molecule has 3 fully saturated rings. The van der Waals surface area contributed by atoms with Gasteiger partial charge in [0.15, 0.2) is 0 Å². The molecule has 1 saturated carbocycles. The van der Waals surface area contributed by atoms with Crippen molar-refractivity contribution >= 4 is 23.7 Å². The summed E-state index contributed by atoms with van der Waals surface area (Å²) >= 11 is 0. The van der Waals surface area contributed by atoms with E-state index in [4.69, 9.17) is 0 Å². The molecule has 1 aromatic carbocycles. The lowest BCUT2D eigenvalue weighted by atomic mass is 9.90. The second-order valence-electron chi connectivity index (χ2n) is 9.30. The molecule has 7 heteroatoms. The Kier molecular flexibility index (Phi) is 5.87. The molecule has 6 nitrogen and oxygen atoms in total. The van der Waals surface area contributed by atoms with Crippen LogP contribution in [0.1, 0.15) is 24.8 Å². The second-order valence-corrected chi connectivity index (χ2v) is 9.30. The van der Waals surface area contributed by atoms with Crippen LogP contribution in [0.5, 0.6) is 0 Å². The van der Waals surface area contributed by atoms with E-state index < -0.39 is 0 Å². The van der Waals surface area contributed by atoms with Gasteiger partial charge in [0.25, 0.3) is 0 Å². The van der Waals surface area contributed by atoms with Gasteiger partial charge < -0.3 is 14.7 Å². The van der Waals surface area contributed by atoms with Gasteiger partial charge in [-0.25, -0.2) is 9.37 Å². The molecule has 0 bridgehead atoms. The lowest BCUT2D eigenvalue weighted by Crippen LogP contribution is -2.50. The molecular formula is C26H29FN4O2. The third-order valence-corrected chi connectivity index (χ3v) is 7.43. The lowest BCUT2D eigenvalue weighted by Gasteiger charge is -2.37. The number of pyridine rings is 1. The molecule has 1 aromatic heterocycles. The highest BCUT2D eigenvalue weighted by atomic mass is 19.1. The normalized spacial score (nSPS) is 22.1. The van der Waals surface area contributed by atoms with Crippen LogP contribution in [0.4, 0.5) is 10.2 Å². The summed E-state index contributed by atoms with van der Waals surface area (Å²) in [5, 5.41) is 0. The highest BCUT2D eigenvalue weighted by Crippen LogP contribution is 2.60. The largest absolute Gasteiger partial charge is 0.353 e. The van der Waals surface area contributed by atoms with Crippen molar-refractivity contribution < 1.29 is 14.0 Å². The molecule has 3 aliphatic rings. The molecule has 2 aromatic rings. The fourth-order valence-electron chi connectivity index (χ4n) is 5.22. The van der Waals surface area contributed by atoms with E-state index in [0.717, 1.165) is 51.3 Å². The summed E-state index contributed by atoms with van der Waals surface area (Å²) in [7, 11) is 0. The minimum atomic E-state index is -0.334. The topological polar surface area (TPSA) is 56.8 Å². The maximum Gasteiger partial charge on any atom is 0.246 e. The minimum absolute atomic E-state index is 0.0568. The second kappa shape index (κ2) is 8.96. The van der Waals surface area contributed by atoms with E-state index in [9.17, 15) is 14.0 Å². The summed E-state index contributed by atoms with van der Waals surface area (Å²) in [6.07, 6.45) is 7.43. The first-order valence-electron chi connectivity index (χ1n) is 11.7. The molecule has 1 atom stereocenters. The van der Waals surface area contributed by atoms with Crippen molar-refractivity contribution in [2.45, 2.75) is 19.3 Å². The van der Waals surface area contributed by atoms with Crippen LogP contribution >= 0.6 is 0 Å². The number of carbonyl (C=O) groups is 2. The Morgan fingerprint density at radius 2 is 1.67 bits per heavy atom. The monoisotopic (exact) mass is 448 g/mol. The SMILES string of the molecule is O=C(/C=C/c1ccccc1F)N1CCC2(CC1)CC2C(=O)N1CCN(c2ccccn2)CC1. The lowest BCUT2D eigenvalue weighted by molar-refractivity contribution is -0.134. The predicted octanol–water partition coefficient (Wildman–Crippen LogP) is 3.21. The zero-order valence-corrected chi connectivity index (χ0v) is 18.7. The van der Waals surface area contributed by atoms with Gasteiger partial charge in [0, 0.05) is 63.0 Å². The average molecular weight is 449 g/mol. The minimum Gasteiger partial charge on any atom is -0.353 e. The van der Waals surface area contributed by atoms with Crippen LogP contribution in [-0.2, 0) is 9.59 Å². The van der Waals surface area contributed by atoms with Crippen molar-refractivity contribution in [2.75, 3.05) is 44.2 Å². The maximum absolute atomic E-state index is 13.8. The highest BCUT2D eigenvalue weighted by Gasteiger charge is 2.59. The highest BCUT2D eigenvalue weighted by molar-refractivity contribution is 5.92. The van der Waals surface area contributed by atoms with Crippen LogP contribution in [0.15, 0.2) is 54.7 Å². The summed E-state index contributed by atoms with van der Waals surface area (Å²) in [5.74, 6) is 0.898. The molecular weight excluding hydrogens is 419 g/mol. The van der Waals surface area contributed by atoms with Gasteiger partial charge in [-0.15, -0.1) is 0 Å². The van der Waals surface area contributed by atoms with Gasteiger partial charge >= 0.3 is 0 Å². The van der Waals surface area contributed by atoms with Crippen LogP contribution in [0, 0.1) is 17.2 Å². The zero-order valence-electron chi connectivity index (χ0n) is 18.7. The van der Waals surface area contributed by atoms with Gasteiger partial charge in [-0.05, 0) is 49.0 Å². The molecule has 0 radical (unpaired) electrons. The van der Waals surface area contributed by atoms with E-state index in [1.807, 2.05) is 28.0 Å². The molecule has 5 rings (SSSR count). The number of piperazine rings is 1. The number of nitrogens with zero attached hydrogens (tertiary/aromatic N) is 4. The summed E-state index contributed by atoms with van der Waals surface area (Å²) in [6.45, 7) is 4.37. The number of aromatic nitrogens is 1. The quantitative estimate of drug-likeness (QED) is 0.674. The fourth-order valence-corrected chi connectivity index (χ4v) is 5.22. The van der Waals surface area contributed by atoms with Crippen molar-refractivity contribution in [1.82, 2.24) is 14.8 Å². The van der Waals surface area contributed by atoms with Crippen LogP contribution in [0.25, 0.3) is 6.08 Å². The van der Waals surface area contributed by atoms with Gasteiger partial charge in [0.2, 0.25) is 11.8 Å². The Morgan fingerprint density at radius 1 is 0.939 bits per heavy atom. The molecule has 2 amide bonds. The third kappa shape index (κ3) is 4.49. The molecule has 1 aliphatic carbocycles. The molecule has 0 N–H and O–H groups in total. The fraction of sp³-hybridized carbons (Fsp3) is 0.423. The smallest absolute Gasteiger partial charge is 0.246 e. The van der Waals surface area contributed by atoms with Crippen LogP contribution < -0.4 is 4.90 Å². The van der Waals surface area contributed by atoms with Gasteiger partial charge in [-0.2, -0.15) is 0 Å². The number of carbonyl (C=O) groups excluding carboxylic acids is 2. The molecule has 33 heavy (non-hydrogen) atoms. The number of hydrogen-bond acceptors (Lipinski definition) is 4. The first-order valence-corrected chi connectivity index (χ1v) is 11.7. The molecule has 2 aliphatic heterocycles. The van der Waals surface area contributed by atoms with Crippen LogP contribution in [0.2, 0.25) is 0 Å². The molecule has 172 valence electrons. The molecule has 3 heterocycles. The average Bonchev–Trinajstić information content (AvgIpc) is 3.56. The first kappa shape index (κ1) is 21.6. The maximum atomic E-state index is 13.8. The number of rotatable bonds is 4. The molecule has 1 unspecified atom stereocenters. The number of hydrogen-bond donors (Lipinski definition) is 0. The van der Waals surface area contributed by atoms with Gasteiger partial charge in [-0.1, -0.05) is 24.3 Å². The number of piperidine rings is 1. The van der Waals surface area contributed by atoms with E-state index in [-0.39, 0.29) is 29.0 Å². The number of amides is 2. The van der Waals surface area contributed by atoms with Gasteiger partial charge in [-0.3, -0.25) is 9.59 Å². The van der Waals surface area contributed by atoms with E-state index in [1.165, 1.54) is 18.2 Å². The molecule has 1 spiro atoms.